The van der Waals surface area contributed by atoms with Crippen molar-refractivity contribution in [2.75, 3.05) is 20.8 Å². The number of halogens is 2. The third-order valence-corrected chi connectivity index (χ3v) is 8.39. The summed E-state index contributed by atoms with van der Waals surface area (Å²) >= 11 is 7.65. The van der Waals surface area contributed by atoms with Gasteiger partial charge in [0.25, 0.3) is 5.56 Å². The monoisotopic (exact) mass is 650 g/mol. The van der Waals surface area contributed by atoms with Crippen molar-refractivity contribution < 1.29 is 28.1 Å². The van der Waals surface area contributed by atoms with Crippen molar-refractivity contribution in [3.63, 3.8) is 0 Å². The normalized spacial score (nSPS) is 14.5. The average Bonchev–Trinajstić information content (AvgIpc) is 3.34. The second-order valence-corrected chi connectivity index (χ2v) is 11.6. The number of thiazole rings is 1. The molecule has 0 N–H and O–H groups in total. The molecule has 0 fully saturated rings. The van der Waals surface area contributed by atoms with Crippen LogP contribution in [0.4, 0.5) is 4.39 Å². The Morgan fingerprint density at radius 2 is 1.76 bits per heavy atom. The number of nitrogens with zero attached hydrogens (tertiary/aromatic N) is 2. The van der Waals surface area contributed by atoms with Gasteiger partial charge in [0, 0.05) is 10.6 Å². The van der Waals surface area contributed by atoms with Crippen molar-refractivity contribution in [3.8, 4) is 17.2 Å². The highest BCUT2D eigenvalue weighted by Gasteiger charge is 2.36. The van der Waals surface area contributed by atoms with Gasteiger partial charge in [0.15, 0.2) is 16.3 Å². The molecule has 0 saturated heterocycles. The number of rotatable bonds is 11. The first-order valence-corrected chi connectivity index (χ1v) is 15.6. The van der Waals surface area contributed by atoms with E-state index in [1.807, 2.05) is 13.0 Å². The fourth-order valence-electron chi connectivity index (χ4n) is 5.12. The topological polar surface area (TPSA) is 88.4 Å². The number of allylic oxidation sites excluding steroid dienone is 1. The number of aromatic nitrogens is 1. The first-order valence-electron chi connectivity index (χ1n) is 14.4. The summed E-state index contributed by atoms with van der Waals surface area (Å²) in [6.45, 7) is 4.12. The third-order valence-electron chi connectivity index (χ3n) is 7.17. The molecule has 0 spiro atoms. The molecule has 3 aromatic carbocycles. The van der Waals surface area contributed by atoms with E-state index in [-0.39, 0.29) is 30.2 Å². The van der Waals surface area contributed by atoms with E-state index in [0.717, 1.165) is 12.0 Å². The Labute approximate surface area is 268 Å². The zero-order valence-corrected chi connectivity index (χ0v) is 26.8. The smallest absolute Gasteiger partial charge is 0.338 e. The Hall–Kier alpha value is -4.41. The molecule has 0 radical (unpaired) electrons. The lowest BCUT2D eigenvalue weighted by molar-refractivity contribution is -0.139. The van der Waals surface area contributed by atoms with Crippen LogP contribution in [0.2, 0.25) is 5.02 Å². The minimum atomic E-state index is -0.866. The Bertz CT molecular complexity index is 1930. The summed E-state index contributed by atoms with van der Waals surface area (Å²) in [7, 11) is 3.06. The van der Waals surface area contributed by atoms with Gasteiger partial charge in [-0.15, -0.1) is 0 Å². The zero-order chi connectivity index (χ0) is 32.1. The van der Waals surface area contributed by atoms with Gasteiger partial charge >= 0.3 is 5.97 Å². The van der Waals surface area contributed by atoms with Gasteiger partial charge in [-0.3, -0.25) is 9.36 Å². The molecule has 0 saturated carbocycles. The van der Waals surface area contributed by atoms with Gasteiger partial charge in [-0.1, -0.05) is 54.5 Å². The van der Waals surface area contributed by atoms with Gasteiger partial charge in [0.1, 0.15) is 24.2 Å². The van der Waals surface area contributed by atoms with E-state index in [9.17, 15) is 14.0 Å². The Morgan fingerprint density at radius 1 is 1.02 bits per heavy atom. The van der Waals surface area contributed by atoms with Crippen LogP contribution in [0.3, 0.4) is 0 Å². The van der Waals surface area contributed by atoms with Crippen LogP contribution in [0.5, 0.6) is 17.2 Å². The molecule has 0 amide bonds. The molecule has 0 bridgehead atoms. The number of methoxy groups -OCH3 is 2. The number of ether oxygens (including phenoxy) is 4. The molecule has 2 heterocycles. The number of carbonyl (C=O) groups is 1. The highest BCUT2D eigenvalue weighted by molar-refractivity contribution is 7.07. The van der Waals surface area contributed by atoms with Gasteiger partial charge in [0.2, 0.25) is 0 Å². The van der Waals surface area contributed by atoms with Crippen LogP contribution < -0.4 is 29.1 Å². The molecule has 11 heteroatoms. The Morgan fingerprint density at radius 3 is 2.44 bits per heavy atom. The molecule has 8 nitrogen and oxygen atoms in total. The number of benzene rings is 3. The van der Waals surface area contributed by atoms with Crippen LogP contribution in [0.25, 0.3) is 6.08 Å². The summed E-state index contributed by atoms with van der Waals surface area (Å²) in [6.07, 6.45) is 2.98. The number of esters is 1. The molecular formula is C34H32ClFN2O6S. The molecule has 5 rings (SSSR count). The van der Waals surface area contributed by atoms with Crippen molar-refractivity contribution in [2.24, 2.45) is 4.99 Å². The standard InChI is InChI=1S/C34H32ClFN2O6S/c1-5-7-25-30(33(40)43-6-2)31(24-18-22(35)11-15-26(24)41-3)38-32(39)29(45-34(38)37-25)17-21-10-14-27(28(16-21)42-4)44-19-20-8-12-23(36)13-9-20/h8-18,31H,5-7,19H2,1-4H3/b29-17+/t31-/m0/s1. The van der Waals surface area contributed by atoms with Crippen LogP contribution in [-0.4, -0.2) is 31.4 Å². The second kappa shape index (κ2) is 14.1. The molecule has 4 aromatic rings. The third kappa shape index (κ3) is 6.82. The average molecular weight is 651 g/mol. The summed E-state index contributed by atoms with van der Waals surface area (Å²) in [4.78, 5) is 32.8. The van der Waals surface area contributed by atoms with E-state index in [0.29, 0.717) is 54.8 Å². The van der Waals surface area contributed by atoms with Crippen molar-refractivity contribution in [2.45, 2.75) is 39.3 Å². The van der Waals surface area contributed by atoms with Gasteiger partial charge in [-0.2, -0.15) is 0 Å². The van der Waals surface area contributed by atoms with Gasteiger partial charge in [-0.25, -0.2) is 14.2 Å². The van der Waals surface area contributed by atoms with Crippen molar-refractivity contribution in [3.05, 3.63) is 119 Å². The summed E-state index contributed by atoms with van der Waals surface area (Å²) in [6, 6.07) is 15.6. The summed E-state index contributed by atoms with van der Waals surface area (Å²) in [5.74, 6) is 0.570. The van der Waals surface area contributed by atoms with Crippen molar-refractivity contribution in [1.29, 1.82) is 0 Å². The fraction of sp³-hybridized carbons (Fsp3) is 0.265. The van der Waals surface area contributed by atoms with Crippen LogP contribution in [0, 0.1) is 5.82 Å². The van der Waals surface area contributed by atoms with E-state index in [1.165, 1.54) is 42.3 Å². The van der Waals surface area contributed by atoms with Crippen LogP contribution >= 0.6 is 22.9 Å². The number of hydrogen-bond donors (Lipinski definition) is 0. The molecule has 0 aliphatic carbocycles. The van der Waals surface area contributed by atoms with Crippen LogP contribution in [0.1, 0.15) is 49.4 Å². The maximum Gasteiger partial charge on any atom is 0.338 e. The van der Waals surface area contributed by atoms with Gasteiger partial charge in [-0.05, 0) is 73.0 Å². The van der Waals surface area contributed by atoms with E-state index >= 15 is 0 Å². The lowest BCUT2D eigenvalue weighted by Gasteiger charge is -2.27. The molecule has 234 valence electrons. The second-order valence-electron chi connectivity index (χ2n) is 10.1. The highest BCUT2D eigenvalue weighted by Crippen LogP contribution is 2.38. The SMILES string of the molecule is CCCC1=C(C(=O)OCC)[C@H](c2cc(Cl)ccc2OC)n2c(s/c(=C/c3ccc(OCc4ccc(F)cc4)c(OC)c3)c2=O)=N1. The molecular weight excluding hydrogens is 619 g/mol. The van der Waals surface area contributed by atoms with E-state index in [4.69, 9.17) is 35.5 Å². The maximum absolute atomic E-state index is 14.1. The fourth-order valence-corrected chi connectivity index (χ4v) is 6.32. The van der Waals surface area contributed by atoms with E-state index in [2.05, 4.69) is 0 Å². The summed E-state index contributed by atoms with van der Waals surface area (Å²) in [5.41, 5.74) is 2.55. The first-order chi connectivity index (χ1) is 21.8. The lowest BCUT2D eigenvalue weighted by atomic mass is 9.93. The Kier molecular flexibility index (Phi) is 10.0. The van der Waals surface area contributed by atoms with E-state index < -0.39 is 12.0 Å². The maximum atomic E-state index is 14.1. The number of hydrogen-bond acceptors (Lipinski definition) is 8. The molecule has 1 atom stereocenters. The van der Waals surface area contributed by atoms with Crippen LogP contribution in [-0.2, 0) is 16.1 Å². The molecule has 45 heavy (non-hydrogen) atoms. The number of carbonyl (C=O) groups excluding carboxylic acids is 1. The predicted octanol–water partition coefficient (Wildman–Crippen LogP) is 5.97. The zero-order valence-electron chi connectivity index (χ0n) is 25.3. The first kappa shape index (κ1) is 32.0. The largest absolute Gasteiger partial charge is 0.496 e. The molecule has 1 aromatic heterocycles. The predicted molar refractivity (Wildman–Crippen MR) is 171 cm³/mol. The number of fused-ring (bicyclic) bond motifs is 1. The summed E-state index contributed by atoms with van der Waals surface area (Å²) < 4.78 is 37.8. The van der Waals surface area contributed by atoms with Crippen LogP contribution in [0.15, 0.2) is 81.7 Å². The van der Waals surface area contributed by atoms with Crippen molar-refractivity contribution in [1.82, 2.24) is 4.57 Å². The molecule has 1 aliphatic rings. The van der Waals surface area contributed by atoms with E-state index in [1.54, 1.807) is 55.5 Å². The summed E-state index contributed by atoms with van der Waals surface area (Å²) in [5, 5.41) is 0.430. The molecule has 1 aliphatic heterocycles. The van der Waals surface area contributed by atoms with Gasteiger partial charge < -0.3 is 18.9 Å². The minimum Gasteiger partial charge on any atom is -0.496 e. The Balaban J connectivity index is 1.61. The lowest BCUT2D eigenvalue weighted by Crippen LogP contribution is -2.40. The van der Waals surface area contributed by atoms with Crippen molar-refractivity contribution >= 4 is 35.0 Å². The molecule has 0 unspecified atom stereocenters. The van der Waals surface area contributed by atoms with Gasteiger partial charge in [0.05, 0.1) is 36.6 Å². The minimum absolute atomic E-state index is 0.164. The quantitative estimate of drug-likeness (QED) is 0.186. The highest BCUT2D eigenvalue weighted by atomic mass is 35.5.